The number of nitrogens with one attached hydrogen (secondary N) is 1. The second-order valence-corrected chi connectivity index (χ2v) is 5.03. The molecule has 0 saturated heterocycles. The highest BCUT2D eigenvalue weighted by Gasteiger charge is 2.16. The molecular weight excluding hydrogens is 246 g/mol. The third-order valence-electron chi connectivity index (χ3n) is 2.70. The summed E-state index contributed by atoms with van der Waals surface area (Å²) in [5, 5.41) is 5.68. The van der Waals surface area contributed by atoms with E-state index in [1.54, 1.807) is 12.3 Å². The average molecular weight is 261 g/mol. The summed E-state index contributed by atoms with van der Waals surface area (Å²) in [6.07, 6.45) is 1.73. The number of rotatable bonds is 3. The number of carbonyl (C=O) groups is 1. The number of benzene rings is 1. The van der Waals surface area contributed by atoms with Crippen LogP contribution < -0.4 is 11.1 Å². The van der Waals surface area contributed by atoms with E-state index in [1.165, 1.54) is 11.3 Å². The van der Waals surface area contributed by atoms with Crippen LogP contribution in [0.5, 0.6) is 0 Å². The minimum Gasteiger partial charge on any atom is -0.398 e. The molecule has 0 saturated carbocycles. The molecule has 1 heterocycles. The van der Waals surface area contributed by atoms with Gasteiger partial charge in [0.1, 0.15) is 5.01 Å². The lowest BCUT2D eigenvalue weighted by Crippen LogP contribution is -2.28. The fourth-order valence-corrected chi connectivity index (χ4v) is 2.43. The van der Waals surface area contributed by atoms with E-state index >= 15 is 0 Å². The summed E-state index contributed by atoms with van der Waals surface area (Å²) in [6.45, 7) is 3.78. The number of aromatic nitrogens is 1. The Balaban J connectivity index is 2.18. The molecule has 0 aliphatic rings. The number of amides is 1. The predicted octanol–water partition coefficient (Wildman–Crippen LogP) is 2.52. The highest BCUT2D eigenvalue weighted by atomic mass is 32.1. The molecule has 18 heavy (non-hydrogen) atoms. The molecule has 0 fully saturated rings. The molecule has 5 heteroatoms. The topological polar surface area (TPSA) is 68.0 Å². The van der Waals surface area contributed by atoms with E-state index in [0.29, 0.717) is 11.3 Å². The van der Waals surface area contributed by atoms with Crippen LogP contribution in [0.1, 0.15) is 33.9 Å². The van der Waals surface area contributed by atoms with Crippen LogP contribution >= 0.6 is 11.3 Å². The number of anilines is 1. The zero-order valence-corrected chi connectivity index (χ0v) is 11.1. The number of carbonyl (C=O) groups excluding carboxylic acids is 1. The zero-order chi connectivity index (χ0) is 13.1. The first-order chi connectivity index (χ1) is 8.59. The van der Waals surface area contributed by atoms with Crippen molar-refractivity contribution in [2.45, 2.75) is 19.9 Å². The van der Waals surface area contributed by atoms with Gasteiger partial charge in [0.15, 0.2) is 0 Å². The third-order valence-corrected chi connectivity index (χ3v) is 3.66. The summed E-state index contributed by atoms with van der Waals surface area (Å²) >= 11 is 1.52. The Morgan fingerprint density at radius 3 is 2.89 bits per heavy atom. The van der Waals surface area contributed by atoms with E-state index in [1.807, 2.05) is 31.4 Å². The summed E-state index contributed by atoms with van der Waals surface area (Å²) in [5.41, 5.74) is 7.76. The fraction of sp³-hybridized carbons (Fsp3) is 0.231. The van der Waals surface area contributed by atoms with E-state index in [4.69, 9.17) is 5.73 Å². The minimum atomic E-state index is -0.159. The molecule has 1 unspecified atom stereocenters. The lowest BCUT2D eigenvalue weighted by Gasteiger charge is -2.14. The first-order valence-electron chi connectivity index (χ1n) is 5.65. The lowest BCUT2D eigenvalue weighted by atomic mass is 10.1. The maximum Gasteiger partial charge on any atom is 0.254 e. The molecule has 1 atom stereocenters. The first-order valence-corrected chi connectivity index (χ1v) is 6.53. The quantitative estimate of drug-likeness (QED) is 0.834. The van der Waals surface area contributed by atoms with Crippen LogP contribution in [0.4, 0.5) is 5.69 Å². The van der Waals surface area contributed by atoms with Crippen LogP contribution in [0, 0.1) is 6.92 Å². The second-order valence-electron chi connectivity index (χ2n) is 4.10. The van der Waals surface area contributed by atoms with Crippen molar-refractivity contribution in [1.82, 2.24) is 10.3 Å². The summed E-state index contributed by atoms with van der Waals surface area (Å²) in [7, 11) is 0. The Morgan fingerprint density at radius 2 is 2.28 bits per heavy atom. The standard InChI is InChI=1S/C13H15N3OS/c1-8-4-3-5-10(14)11(8)12(17)16-9(2)13-15-6-7-18-13/h3-7,9H,14H2,1-2H3,(H,16,17). The van der Waals surface area contributed by atoms with Gasteiger partial charge in [-0.05, 0) is 25.5 Å². The van der Waals surface area contributed by atoms with Crippen LogP contribution in [0.2, 0.25) is 0 Å². The van der Waals surface area contributed by atoms with Crippen molar-refractivity contribution in [2.24, 2.45) is 0 Å². The molecule has 3 N–H and O–H groups in total. The van der Waals surface area contributed by atoms with Crippen LogP contribution in [0.3, 0.4) is 0 Å². The Labute approximate surface area is 110 Å². The number of nitrogens with two attached hydrogens (primary N) is 1. The number of aryl methyl sites for hydroxylation is 1. The first kappa shape index (κ1) is 12.6. The van der Waals surface area contributed by atoms with Crippen molar-refractivity contribution in [2.75, 3.05) is 5.73 Å². The predicted molar refractivity (Wildman–Crippen MR) is 73.6 cm³/mol. The van der Waals surface area contributed by atoms with E-state index in [0.717, 1.165) is 10.6 Å². The minimum absolute atomic E-state index is 0.114. The molecule has 0 spiro atoms. The third kappa shape index (κ3) is 2.51. The number of thiazole rings is 1. The van der Waals surface area contributed by atoms with Gasteiger partial charge >= 0.3 is 0 Å². The zero-order valence-electron chi connectivity index (χ0n) is 10.3. The van der Waals surface area contributed by atoms with Gasteiger partial charge in [-0.2, -0.15) is 0 Å². The molecule has 4 nitrogen and oxygen atoms in total. The van der Waals surface area contributed by atoms with Crippen molar-refractivity contribution in [3.63, 3.8) is 0 Å². The van der Waals surface area contributed by atoms with Crippen LogP contribution in [-0.4, -0.2) is 10.9 Å². The van der Waals surface area contributed by atoms with Gasteiger partial charge < -0.3 is 11.1 Å². The lowest BCUT2D eigenvalue weighted by molar-refractivity contribution is 0.0940. The fourth-order valence-electron chi connectivity index (χ4n) is 1.78. The van der Waals surface area contributed by atoms with Crippen LogP contribution in [0.25, 0.3) is 0 Å². The summed E-state index contributed by atoms with van der Waals surface area (Å²) in [4.78, 5) is 16.4. The van der Waals surface area contributed by atoms with E-state index in [9.17, 15) is 4.79 Å². The van der Waals surface area contributed by atoms with Gasteiger partial charge in [-0.3, -0.25) is 4.79 Å². The molecule has 0 aliphatic heterocycles. The van der Waals surface area contributed by atoms with Gasteiger partial charge in [0.05, 0.1) is 11.6 Å². The molecule has 2 aromatic rings. The van der Waals surface area contributed by atoms with Crippen molar-refractivity contribution in [3.05, 3.63) is 45.9 Å². The molecule has 0 bridgehead atoms. The van der Waals surface area contributed by atoms with E-state index in [-0.39, 0.29) is 11.9 Å². The van der Waals surface area contributed by atoms with Gasteiger partial charge in [-0.25, -0.2) is 4.98 Å². The van der Waals surface area contributed by atoms with Gasteiger partial charge in [-0.1, -0.05) is 12.1 Å². The normalized spacial score (nSPS) is 12.1. The Kier molecular flexibility index (Phi) is 3.62. The molecule has 2 rings (SSSR count). The van der Waals surface area contributed by atoms with Crippen LogP contribution in [-0.2, 0) is 0 Å². The number of nitrogens with zero attached hydrogens (tertiary/aromatic N) is 1. The number of hydrogen-bond donors (Lipinski definition) is 2. The molecule has 1 amide bonds. The SMILES string of the molecule is Cc1cccc(N)c1C(=O)NC(C)c1nccs1. The molecule has 1 aromatic carbocycles. The van der Waals surface area contributed by atoms with Crippen molar-refractivity contribution >= 4 is 22.9 Å². The molecule has 0 aliphatic carbocycles. The van der Waals surface area contributed by atoms with E-state index < -0.39 is 0 Å². The smallest absolute Gasteiger partial charge is 0.254 e. The Morgan fingerprint density at radius 1 is 1.50 bits per heavy atom. The Bertz CT molecular complexity index is 531. The largest absolute Gasteiger partial charge is 0.398 e. The second kappa shape index (κ2) is 5.18. The molecular formula is C13H15N3OS. The van der Waals surface area contributed by atoms with E-state index in [2.05, 4.69) is 10.3 Å². The van der Waals surface area contributed by atoms with Gasteiger partial charge in [0.2, 0.25) is 0 Å². The van der Waals surface area contributed by atoms with Gasteiger partial charge in [-0.15, -0.1) is 11.3 Å². The molecule has 94 valence electrons. The summed E-state index contributed by atoms with van der Waals surface area (Å²) in [6, 6.07) is 5.33. The summed E-state index contributed by atoms with van der Waals surface area (Å²) < 4.78 is 0. The van der Waals surface area contributed by atoms with Crippen LogP contribution in [0.15, 0.2) is 29.8 Å². The monoisotopic (exact) mass is 261 g/mol. The highest BCUT2D eigenvalue weighted by Crippen LogP contribution is 2.19. The average Bonchev–Trinajstić information content (AvgIpc) is 2.81. The Hall–Kier alpha value is -1.88. The van der Waals surface area contributed by atoms with Gasteiger partial charge in [0, 0.05) is 17.3 Å². The maximum absolute atomic E-state index is 12.2. The maximum atomic E-state index is 12.2. The highest BCUT2D eigenvalue weighted by molar-refractivity contribution is 7.09. The van der Waals surface area contributed by atoms with Crippen molar-refractivity contribution in [3.8, 4) is 0 Å². The van der Waals surface area contributed by atoms with Gasteiger partial charge in [0.25, 0.3) is 5.91 Å². The number of nitrogen functional groups attached to an aromatic ring is 1. The summed E-state index contributed by atoms with van der Waals surface area (Å²) in [5.74, 6) is -0.159. The number of hydrogen-bond acceptors (Lipinski definition) is 4. The van der Waals surface area contributed by atoms with Crippen molar-refractivity contribution < 1.29 is 4.79 Å². The molecule has 1 aromatic heterocycles. The van der Waals surface area contributed by atoms with Crippen molar-refractivity contribution in [1.29, 1.82) is 0 Å². The molecule has 0 radical (unpaired) electrons.